The summed E-state index contributed by atoms with van der Waals surface area (Å²) in [6.07, 6.45) is 6.88. The van der Waals surface area contributed by atoms with E-state index in [0.717, 1.165) is 18.7 Å². The predicted molar refractivity (Wildman–Crippen MR) is 81.5 cm³/mol. The van der Waals surface area contributed by atoms with Gasteiger partial charge in [0.1, 0.15) is 0 Å². The van der Waals surface area contributed by atoms with E-state index in [9.17, 15) is 0 Å². The number of aromatic nitrogens is 2. The summed E-state index contributed by atoms with van der Waals surface area (Å²) in [4.78, 5) is 5.40. The van der Waals surface area contributed by atoms with E-state index in [0.29, 0.717) is 6.04 Å². The Kier molecular flexibility index (Phi) is 5.48. The average Bonchev–Trinajstić information content (AvgIpc) is 2.96. The van der Waals surface area contributed by atoms with Gasteiger partial charge in [-0.3, -0.25) is 0 Å². The first-order valence-corrected chi connectivity index (χ1v) is 7.64. The van der Waals surface area contributed by atoms with Crippen LogP contribution in [-0.4, -0.2) is 22.4 Å². The molecule has 1 atom stereocenters. The highest BCUT2D eigenvalue weighted by atomic mass is 32.2. The maximum absolute atomic E-state index is 4.05. The average molecular weight is 275 g/mol. The van der Waals surface area contributed by atoms with Crippen LogP contribution >= 0.6 is 11.8 Å². The Morgan fingerprint density at radius 2 is 2.32 bits per heavy atom. The molecule has 19 heavy (non-hydrogen) atoms. The fourth-order valence-corrected chi connectivity index (χ4v) is 2.80. The van der Waals surface area contributed by atoms with E-state index in [-0.39, 0.29) is 0 Å². The Balaban J connectivity index is 1.79. The summed E-state index contributed by atoms with van der Waals surface area (Å²) >= 11 is 1.92. The highest BCUT2D eigenvalue weighted by Gasteiger charge is 2.03. The Bertz CT molecular complexity index is 482. The fraction of sp³-hybridized carbons (Fsp3) is 0.400. The summed E-state index contributed by atoms with van der Waals surface area (Å²) in [5, 5.41) is 3.27. The third kappa shape index (κ3) is 4.40. The standard InChI is InChI=1S/C15H21N3S/c1-13(16-2)14-5-3-6-15(11-14)19-10-4-8-18-9-7-17-12-18/h3,5-7,9,11-13,16H,4,8,10H2,1-2H3. The first-order valence-electron chi connectivity index (χ1n) is 6.65. The number of thioether (sulfide) groups is 1. The van der Waals surface area contributed by atoms with Crippen molar-refractivity contribution in [1.82, 2.24) is 14.9 Å². The quantitative estimate of drug-likeness (QED) is 0.621. The van der Waals surface area contributed by atoms with Crippen molar-refractivity contribution in [2.45, 2.75) is 30.8 Å². The molecule has 102 valence electrons. The molecular formula is C15H21N3S. The van der Waals surface area contributed by atoms with Gasteiger partial charge in [0.15, 0.2) is 0 Å². The molecule has 3 nitrogen and oxygen atoms in total. The smallest absolute Gasteiger partial charge is 0.0945 e. The molecule has 1 aromatic heterocycles. The van der Waals surface area contributed by atoms with Gasteiger partial charge in [0.2, 0.25) is 0 Å². The van der Waals surface area contributed by atoms with E-state index in [2.05, 4.69) is 46.1 Å². The van der Waals surface area contributed by atoms with E-state index in [1.54, 1.807) is 0 Å². The topological polar surface area (TPSA) is 29.9 Å². The molecule has 0 radical (unpaired) electrons. The van der Waals surface area contributed by atoms with Crippen LogP contribution < -0.4 is 5.32 Å². The third-order valence-electron chi connectivity index (χ3n) is 3.18. The molecule has 0 aliphatic heterocycles. The summed E-state index contributed by atoms with van der Waals surface area (Å²) in [6, 6.07) is 9.20. The van der Waals surface area contributed by atoms with Crippen LogP contribution in [0.25, 0.3) is 0 Å². The summed E-state index contributed by atoms with van der Waals surface area (Å²) in [5.41, 5.74) is 1.35. The van der Waals surface area contributed by atoms with E-state index in [1.807, 2.05) is 37.5 Å². The molecule has 2 aromatic rings. The Labute approximate surface area is 119 Å². The normalized spacial score (nSPS) is 12.5. The van der Waals surface area contributed by atoms with Crippen LogP contribution in [0, 0.1) is 0 Å². The first-order chi connectivity index (χ1) is 9.29. The van der Waals surface area contributed by atoms with E-state index in [4.69, 9.17) is 0 Å². The zero-order valence-corrected chi connectivity index (χ0v) is 12.4. The Morgan fingerprint density at radius 3 is 3.05 bits per heavy atom. The summed E-state index contributed by atoms with van der Waals surface area (Å²) < 4.78 is 2.13. The third-order valence-corrected chi connectivity index (χ3v) is 4.26. The van der Waals surface area contributed by atoms with Gasteiger partial charge in [-0.05, 0) is 43.8 Å². The minimum absolute atomic E-state index is 0.409. The largest absolute Gasteiger partial charge is 0.337 e. The van der Waals surface area contributed by atoms with Gasteiger partial charge in [0.05, 0.1) is 6.33 Å². The summed E-state index contributed by atoms with van der Waals surface area (Å²) in [5.74, 6) is 1.13. The van der Waals surface area contributed by atoms with Crippen LogP contribution in [0.15, 0.2) is 47.9 Å². The van der Waals surface area contributed by atoms with Crippen LogP contribution in [0.5, 0.6) is 0 Å². The zero-order valence-electron chi connectivity index (χ0n) is 11.5. The molecule has 0 saturated carbocycles. The first kappa shape index (κ1) is 14.2. The minimum atomic E-state index is 0.409. The number of nitrogens with zero attached hydrogens (tertiary/aromatic N) is 2. The molecule has 1 heterocycles. The van der Waals surface area contributed by atoms with Gasteiger partial charge in [-0.2, -0.15) is 0 Å². The maximum Gasteiger partial charge on any atom is 0.0945 e. The Morgan fingerprint density at radius 1 is 1.42 bits per heavy atom. The molecule has 0 amide bonds. The molecule has 0 bridgehead atoms. The van der Waals surface area contributed by atoms with Crippen molar-refractivity contribution in [2.24, 2.45) is 0 Å². The van der Waals surface area contributed by atoms with Crippen molar-refractivity contribution in [1.29, 1.82) is 0 Å². The second-order valence-corrected chi connectivity index (χ2v) is 5.75. The number of hydrogen-bond donors (Lipinski definition) is 1. The Hall–Kier alpha value is -1.26. The lowest BCUT2D eigenvalue weighted by molar-refractivity contribution is 0.651. The number of imidazole rings is 1. The molecule has 0 saturated heterocycles. The number of benzene rings is 1. The molecule has 1 unspecified atom stereocenters. The van der Waals surface area contributed by atoms with Crippen LogP contribution in [0.2, 0.25) is 0 Å². The maximum atomic E-state index is 4.05. The van der Waals surface area contributed by atoms with Crippen molar-refractivity contribution < 1.29 is 0 Å². The van der Waals surface area contributed by atoms with Crippen LogP contribution in [-0.2, 0) is 6.54 Å². The van der Waals surface area contributed by atoms with Crippen LogP contribution in [0.4, 0.5) is 0 Å². The fourth-order valence-electron chi connectivity index (χ4n) is 1.90. The molecule has 1 N–H and O–H groups in total. The summed E-state index contributed by atoms with van der Waals surface area (Å²) in [6.45, 7) is 3.22. The molecule has 0 aliphatic carbocycles. The molecule has 0 aliphatic rings. The van der Waals surface area contributed by atoms with Crippen molar-refractivity contribution in [3.63, 3.8) is 0 Å². The van der Waals surface area contributed by atoms with Crippen molar-refractivity contribution >= 4 is 11.8 Å². The molecule has 2 rings (SSSR count). The molecular weight excluding hydrogens is 254 g/mol. The predicted octanol–water partition coefficient (Wildman–Crippen LogP) is 3.35. The minimum Gasteiger partial charge on any atom is -0.337 e. The lowest BCUT2D eigenvalue weighted by Crippen LogP contribution is -2.12. The van der Waals surface area contributed by atoms with E-state index < -0.39 is 0 Å². The van der Waals surface area contributed by atoms with E-state index in [1.165, 1.54) is 10.5 Å². The monoisotopic (exact) mass is 275 g/mol. The molecule has 1 aromatic carbocycles. The number of hydrogen-bond acceptors (Lipinski definition) is 3. The highest BCUT2D eigenvalue weighted by molar-refractivity contribution is 7.99. The van der Waals surface area contributed by atoms with Crippen molar-refractivity contribution in [3.8, 4) is 0 Å². The van der Waals surface area contributed by atoms with Gasteiger partial charge >= 0.3 is 0 Å². The lowest BCUT2D eigenvalue weighted by Gasteiger charge is -2.11. The lowest BCUT2D eigenvalue weighted by atomic mass is 10.1. The molecule has 4 heteroatoms. The van der Waals surface area contributed by atoms with Gasteiger partial charge in [-0.15, -0.1) is 11.8 Å². The molecule has 0 fully saturated rings. The number of nitrogens with one attached hydrogen (secondary N) is 1. The zero-order chi connectivity index (χ0) is 13.5. The van der Waals surface area contributed by atoms with Gasteiger partial charge in [0.25, 0.3) is 0 Å². The van der Waals surface area contributed by atoms with Crippen molar-refractivity contribution in [2.75, 3.05) is 12.8 Å². The van der Waals surface area contributed by atoms with Gasteiger partial charge in [-0.1, -0.05) is 12.1 Å². The number of rotatable bonds is 7. The summed E-state index contributed by atoms with van der Waals surface area (Å²) in [7, 11) is 2.00. The van der Waals surface area contributed by atoms with Gasteiger partial charge in [-0.25, -0.2) is 4.98 Å². The second-order valence-electron chi connectivity index (χ2n) is 4.59. The van der Waals surface area contributed by atoms with Crippen LogP contribution in [0.1, 0.15) is 24.9 Å². The van der Waals surface area contributed by atoms with Crippen molar-refractivity contribution in [3.05, 3.63) is 48.5 Å². The van der Waals surface area contributed by atoms with E-state index >= 15 is 0 Å². The molecule has 0 spiro atoms. The SMILES string of the molecule is CNC(C)c1cccc(SCCCn2ccnc2)c1. The highest BCUT2D eigenvalue weighted by Crippen LogP contribution is 2.22. The second kappa shape index (κ2) is 7.36. The van der Waals surface area contributed by atoms with Gasteiger partial charge < -0.3 is 9.88 Å². The van der Waals surface area contributed by atoms with Gasteiger partial charge in [0, 0.05) is 29.9 Å². The van der Waals surface area contributed by atoms with Crippen LogP contribution in [0.3, 0.4) is 0 Å². The number of aryl methyl sites for hydroxylation is 1.